The summed E-state index contributed by atoms with van der Waals surface area (Å²) in [5.74, 6) is -0.813. The Morgan fingerprint density at radius 1 is 1.20 bits per heavy atom. The van der Waals surface area contributed by atoms with Gasteiger partial charge in [0.15, 0.2) is 0 Å². The van der Waals surface area contributed by atoms with Crippen molar-refractivity contribution in [1.29, 1.82) is 0 Å². The van der Waals surface area contributed by atoms with Crippen molar-refractivity contribution in [2.24, 2.45) is 7.05 Å². The number of aryl methyl sites for hydroxylation is 1. The lowest BCUT2D eigenvalue weighted by molar-refractivity contribution is 0.0985. The van der Waals surface area contributed by atoms with E-state index >= 15 is 0 Å². The number of anilines is 2. The van der Waals surface area contributed by atoms with Gasteiger partial charge in [-0.05, 0) is 36.2 Å². The first-order chi connectivity index (χ1) is 12.0. The van der Waals surface area contributed by atoms with Crippen LogP contribution in [0.4, 0.5) is 11.4 Å². The van der Waals surface area contributed by atoms with Crippen LogP contribution < -0.4 is 16.2 Å². The summed E-state index contributed by atoms with van der Waals surface area (Å²) < 4.78 is 1.36. The van der Waals surface area contributed by atoms with Crippen molar-refractivity contribution in [3.63, 3.8) is 0 Å². The molecule has 1 aliphatic heterocycles. The Labute approximate surface area is 143 Å². The van der Waals surface area contributed by atoms with Crippen LogP contribution in [0.2, 0.25) is 0 Å². The number of pyridine rings is 1. The van der Waals surface area contributed by atoms with Gasteiger partial charge in [0.1, 0.15) is 11.3 Å². The number of aromatic hydroxyl groups is 1. The van der Waals surface area contributed by atoms with E-state index in [-0.39, 0.29) is 11.3 Å². The van der Waals surface area contributed by atoms with E-state index in [0.717, 1.165) is 17.7 Å². The summed E-state index contributed by atoms with van der Waals surface area (Å²) in [6.45, 7) is 0.482. The highest BCUT2D eigenvalue weighted by Crippen LogP contribution is 2.32. The minimum Gasteiger partial charge on any atom is -0.506 e. The third-order valence-electron chi connectivity index (χ3n) is 4.74. The Kier molecular flexibility index (Phi) is 3.28. The summed E-state index contributed by atoms with van der Waals surface area (Å²) in [5.41, 5.74) is 7.86. The molecule has 0 fully saturated rings. The van der Waals surface area contributed by atoms with E-state index in [1.165, 1.54) is 4.57 Å². The van der Waals surface area contributed by atoms with E-state index in [2.05, 4.69) is 0 Å². The van der Waals surface area contributed by atoms with Gasteiger partial charge in [-0.2, -0.15) is 0 Å². The van der Waals surface area contributed by atoms with Gasteiger partial charge in [0.2, 0.25) is 0 Å². The Morgan fingerprint density at radius 2 is 1.96 bits per heavy atom. The van der Waals surface area contributed by atoms with E-state index in [1.807, 2.05) is 24.3 Å². The third-order valence-corrected chi connectivity index (χ3v) is 4.74. The molecule has 2 heterocycles. The number of para-hydroxylation sites is 1. The van der Waals surface area contributed by atoms with Crippen molar-refractivity contribution in [1.82, 2.24) is 4.57 Å². The molecule has 1 amide bonds. The molecule has 1 aliphatic rings. The minimum atomic E-state index is -0.524. The molecule has 0 aliphatic carbocycles. The van der Waals surface area contributed by atoms with Crippen LogP contribution in [0.5, 0.6) is 5.75 Å². The SMILES string of the molecule is Cn1c(=O)c(C(=O)N2CCc3ccccc32)c(O)c2cc(N)ccc21. The second kappa shape index (κ2) is 5.37. The van der Waals surface area contributed by atoms with Crippen molar-refractivity contribution < 1.29 is 9.90 Å². The molecule has 4 rings (SSSR count). The third kappa shape index (κ3) is 2.18. The lowest BCUT2D eigenvalue weighted by atomic mass is 10.1. The Morgan fingerprint density at radius 3 is 2.76 bits per heavy atom. The first-order valence-electron chi connectivity index (χ1n) is 8.00. The molecular formula is C19H17N3O3. The standard InChI is InChI=1S/C19H17N3O3/c1-21-15-7-6-12(20)10-13(15)17(23)16(18(21)24)19(25)22-9-8-11-4-2-3-5-14(11)22/h2-7,10,23H,8-9,20H2,1H3. The topological polar surface area (TPSA) is 88.6 Å². The molecule has 1 aromatic heterocycles. The fourth-order valence-corrected chi connectivity index (χ4v) is 3.43. The molecule has 0 saturated heterocycles. The van der Waals surface area contributed by atoms with Crippen molar-refractivity contribution >= 4 is 28.2 Å². The molecule has 25 heavy (non-hydrogen) atoms. The van der Waals surface area contributed by atoms with Gasteiger partial charge in [-0.25, -0.2) is 0 Å². The van der Waals surface area contributed by atoms with Crippen LogP contribution in [0.25, 0.3) is 10.9 Å². The largest absolute Gasteiger partial charge is 0.506 e. The number of hydrogen-bond donors (Lipinski definition) is 2. The lowest BCUT2D eigenvalue weighted by Crippen LogP contribution is -2.35. The highest BCUT2D eigenvalue weighted by molar-refractivity contribution is 6.11. The summed E-state index contributed by atoms with van der Waals surface area (Å²) in [7, 11) is 1.58. The number of nitrogens with zero attached hydrogens (tertiary/aromatic N) is 2. The Balaban J connectivity index is 1.93. The van der Waals surface area contributed by atoms with Crippen molar-refractivity contribution in [2.75, 3.05) is 17.2 Å². The van der Waals surface area contributed by atoms with Crippen LogP contribution in [0.3, 0.4) is 0 Å². The zero-order valence-electron chi connectivity index (χ0n) is 13.7. The molecule has 126 valence electrons. The molecule has 3 N–H and O–H groups in total. The normalized spacial score (nSPS) is 13.2. The van der Waals surface area contributed by atoms with Gasteiger partial charge in [-0.15, -0.1) is 0 Å². The summed E-state index contributed by atoms with van der Waals surface area (Å²) in [4.78, 5) is 27.3. The van der Waals surface area contributed by atoms with Gasteiger partial charge < -0.3 is 20.3 Å². The lowest BCUT2D eigenvalue weighted by Gasteiger charge is -2.19. The molecule has 0 radical (unpaired) electrons. The van der Waals surface area contributed by atoms with Gasteiger partial charge in [-0.1, -0.05) is 18.2 Å². The number of rotatable bonds is 1. The number of aromatic nitrogens is 1. The van der Waals surface area contributed by atoms with E-state index < -0.39 is 11.5 Å². The van der Waals surface area contributed by atoms with Gasteiger partial charge in [-0.3, -0.25) is 9.59 Å². The van der Waals surface area contributed by atoms with Gasteiger partial charge in [0, 0.05) is 30.4 Å². The van der Waals surface area contributed by atoms with Crippen LogP contribution >= 0.6 is 0 Å². The monoisotopic (exact) mass is 335 g/mol. The summed E-state index contributed by atoms with van der Waals surface area (Å²) >= 11 is 0. The van der Waals surface area contributed by atoms with Crippen LogP contribution in [0, 0.1) is 0 Å². The van der Waals surface area contributed by atoms with E-state index in [9.17, 15) is 14.7 Å². The molecule has 6 heteroatoms. The highest BCUT2D eigenvalue weighted by Gasteiger charge is 2.30. The average Bonchev–Trinajstić information content (AvgIpc) is 3.04. The number of benzene rings is 2. The second-order valence-electron chi connectivity index (χ2n) is 6.20. The first-order valence-corrected chi connectivity index (χ1v) is 8.00. The summed E-state index contributed by atoms with van der Waals surface area (Å²) in [5, 5.41) is 11.0. The van der Waals surface area contributed by atoms with E-state index in [0.29, 0.717) is 23.1 Å². The van der Waals surface area contributed by atoms with Gasteiger partial charge >= 0.3 is 0 Å². The highest BCUT2D eigenvalue weighted by atomic mass is 16.3. The molecule has 3 aromatic rings. The maximum atomic E-state index is 13.1. The number of fused-ring (bicyclic) bond motifs is 2. The molecular weight excluding hydrogens is 318 g/mol. The predicted molar refractivity (Wildman–Crippen MR) is 97.1 cm³/mol. The van der Waals surface area contributed by atoms with Crippen LogP contribution in [0.15, 0.2) is 47.3 Å². The number of carbonyl (C=O) groups excluding carboxylic acids is 1. The fraction of sp³-hybridized carbons (Fsp3) is 0.158. The van der Waals surface area contributed by atoms with Crippen molar-refractivity contribution in [3.05, 3.63) is 63.9 Å². The number of nitrogens with two attached hydrogens (primary N) is 1. The van der Waals surface area contributed by atoms with Crippen LogP contribution in [0.1, 0.15) is 15.9 Å². The maximum Gasteiger partial charge on any atom is 0.267 e. The van der Waals surface area contributed by atoms with E-state index in [1.54, 1.807) is 30.1 Å². The Bertz CT molecular complexity index is 1090. The molecule has 0 saturated carbocycles. The molecule has 2 aromatic carbocycles. The van der Waals surface area contributed by atoms with Crippen LogP contribution in [-0.4, -0.2) is 22.1 Å². The smallest absolute Gasteiger partial charge is 0.267 e. The van der Waals surface area contributed by atoms with Crippen molar-refractivity contribution in [3.8, 4) is 5.75 Å². The summed E-state index contributed by atoms with van der Waals surface area (Å²) in [6.07, 6.45) is 0.726. The summed E-state index contributed by atoms with van der Waals surface area (Å²) in [6, 6.07) is 12.5. The number of amides is 1. The number of hydrogen-bond acceptors (Lipinski definition) is 4. The minimum absolute atomic E-state index is 0.225. The Hall–Kier alpha value is -3.28. The molecule has 0 unspecified atom stereocenters. The number of carbonyl (C=O) groups is 1. The zero-order valence-corrected chi connectivity index (χ0v) is 13.7. The predicted octanol–water partition coefficient (Wildman–Crippen LogP) is 2.03. The molecule has 0 bridgehead atoms. The molecule has 6 nitrogen and oxygen atoms in total. The second-order valence-corrected chi connectivity index (χ2v) is 6.20. The van der Waals surface area contributed by atoms with Crippen LogP contribution in [-0.2, 0) is 13.5 Å². The molecule has 0 spiro atoms. The van der Waals surface area contributed by atoms with Gasteiger partial charge in [0.05, 0.1) is 5.52 Å². The van der Waals surface area contributed by atoms with Gasteiger partial charge in [0.25, 0.3) is 11.5 Å². The number of nitrogen functional groups attached to an aromatic ring is 1. The first kappa shape index (κ1) is 15.3. The zero-order chi connectivity index (χ0) is 17.7. The van der Waals surface area contributed by atoms with Crippen molar-refractivity contribution in [2.45, 2.75) is 6.42 Å². The quantitative estimate of drug-likeness (QED) is 0.666. The van der Waals surface area contributed by atoms with E-state index in [4.69, 9.17) is 5.73 Å². The average molecular weight is 335 g/mol. The molecule has 0 atom stereocenters. The fourth-order valence-electron chi connectivity index (χ4n) is 3.43. The maximum absolute atomic E-state index is 13.1.